The van der Waals surface area contributed by atoms with E-state index in [0.29, 0.717) is 0 Å². The molecule has 0 aromatic heterocycles. The molecule has 9 nitrogen and oxygen atoms in total. The first-order valence-corrected chi connectivity index (χ1v) is 4.38. The smallest absolute Gasteiger partial charge is 0.822 e. The minimum atomic E-state index is -5.39. The van der Waals surface area contributed by atoms with Crippen LogP contribution in [0.15, 0.2) is 0 Å². The van der Waals surface area contributed by atoms with Gasteiger partial charge in [0.05, 0.1) is 0 Å². The normalized spacial score (nSPS) is 8.43. The van der Waals surface area contributed by atoms with Crippen molar-refractivity contribution in [2.24, 2.45) is 0 Å². The van der Waals surface area contributed by atoms with Crippen LogP contribution in [0.5, 0.6) is 0 Å². The van der Waals surface area contributed by atoms with E-state index in [2.05, 4.69) is 0 Å². The molecule has 0 aromatic carbocycles. The topological polar surface area (TPSA) is 204 Å². The van der Waals surface area contributed by atoms with Gasteiger partial charge in [0.2, 0.25) is 0 Å². The molecule has 0 fully saturated rings. The third kappa shape index (κ3) is 379. The van der Waals surface area contributed by atoms with Crippen LogP contribution in [0.4, 0.5) is 0 Å². The van der Waals surface area contributed by atoms with Crippen LogP contribution in [-0.2, 0) is 25.6 Å². The molecule has 0 saturated carbocycles. The van der Waals surface area contributed by atoms with E-state index in [1.807, 2.05) is 0 Å². The zero-order chi connectivity index (χ0) is 9.00. The predicted molar refractivity (Wildman–Crippen MR) is 30.3 cm³/mol. The molecule has 80 valence electrons. The molecule has 0 aromatic rings. The Hall–Kier alpha value is 2.70. The SMILES string of the molecule is O.O=P([O-])([O-])[O-].O=P([O-])([O-])[O-].[Ca+2].[Mg+2].[Ni+2]. The first-order valence-electron chi connectivity index (χ1n) is 1.46. The Morgan fingerprint density at radius 2 is 0.714 bits per heavy atom. The van der Waals surface area contributed by atoms with Crippen molar-refractivity contribution in [1.29, 1.82) is 0 Å². The number of phosphoric acid groups is 2. The van der Waals surface area contributed by atoms with Crippen LogP contribution >= 0.6 is 15.6 Å². The van der Waals surface area contributed by atoms with Crippen LogP contribution in [0.1, 0.15) is 0 Å². The first kappa shape index (κ1) is 36.0. The third-order valence-electron chi connectivity index (χ3n) is 0. The Morgan fingerprint density at radius 3 is 0.714 bits per heavy atom. The molecule has 0 rings (SSSR count). The van der Waals surface area contributed by atoms with Crippen molar-refractivity contribution in [3.63, 3.8) is 0 Å². The molecular weight excluding hydrogens is 329 g/mol. The maximum atomic E-state index is 8.55. The van der Waals surface area contributed by atoms with E-state index < -0.39 is 15.6 Å². The summed E-state index contributed by atoms with van der Waals surface area (Å²) in [6.07, 6.45) is 0. The molecule has 0 radical (unpaired) electrons. The first-order chi connectivity index (χ1) is 4.00. The van der Waals surface area contributed by atoms with E-state index in [0.717, 1.165) is 0 Å². The van der Waals surface area contributed by atoms with Gasteiger partial charge in [-0.05, 0) is 0 Å². The Balaban J connectivity index is -0.0000000178. The second-order valence-electron chi connectivity index (χ2n) is 0.894. The van der Waals surface area contributed by atoms with Gasteiger partial charge in [-0.3, -0.25) is 0 Å². The Labute approximate surface area is 135 Å². The quantitative estimate of drug-likeness (QED) is 0.307. The Morgan fingerprint density at radius 1 is 0.714 bits per heavy atom. The Kier molecular flexibility index (Phi) is 40.3. The molecule has 0 atom stereocenters. The summed E-state index contributed by atoms with van der Waals surface area (Å²) in [5.41, 5.74) is 0. The summed E-state index contributed by atoms with van der Waals surface area (Å²) in [5.74, 6) is 0. The van der Waals surface area contributed by atoms with Crippen LogP contribution in [-0.4, -0.2) is 66.3 Å². The average Bonchev–Trinajstić information content (AvgIpc) is 1.12. The maximum Gasteiger partial charge on any atom is 2.00 e. The molecular formula is H2CaMgNiO9P2. The van der Waals surface area contributed by atoms with Gasteiger partial charge in [-0.25, -0.2) is 0 Å². The molecule has 14 heteroatoms. The van der Waals surface area contributed by atoms with Crippen molar-refractivity contribution < 1.29 is 60.5 Å². The monoisotopic (exact) mass is 330 g/mol. The summed E-state index contributed by atoms with van der Waals surface area (Å²) in [7, 11) is -10.8. The fraction of sp³-hybridized carbons (Fsp3) is 0. The van der Waals surface area contributed by atoms with Gasteiger partial charge in [-0.2, -0.15) is 15.6 Å². The van der Waals surface area contributed by atoms with Gasteiger partial charge >= 0.3 is 77.3 Å². The van der Waals surface area contributed by atoms with Gasteiger partial charge in [0, 0.05) is 0 Å². The summed E-state index contributed by atoms with van der Waals surface area (Å²) in [6.45, 7) is 0. The van der Waals surface area contributed by atoms with Gasteiger partial charge in [0.1, 0.15) is 0 Å². The molecule has 14 heavy (non-hydrogen) atoms. The van der Waals surface area contributed by atoms with Crippen LogP contribution < -0.4 is 29.4 Å². The fourth-order valence-electron chi connectivity index (χ4n) is 0. The van der Waals surface area contributed by atoms with E-state index in [-0.39, 0.29) is 82.8 Å². The van der Waals surface area contributed by atoms with E-state index in [9.17, 15) is 0 Å². The van der Waals surface area contributed by atoms with Crippen molar-refractivity contribution >= 4 is 76.4 Å². The van der Waals surface area contributed by atoms with Crippen LogP contribution in [0.25, 0.3) is 0 Å². The number of rotatable bonds is 0. The summed E-state index contributed by atoms with van der Waals surface area (Å²) in [6, 6.07) is 0. The van der Waals surface area contributed by atoms with E-state index >= 15 is 0 Å². The van der Waals surface area contributed by atoms with Gasteiger partial charge in [-0.15, -0.1) is 0 Å². The molecule has 0 saturated heterocycles. The zero-order valence-corrected chi connectivity index (χ0v) is 12.8. The predicted octanol–water partition coefficient (Wildman–Crippen LogP) is -7.24. The minimum absolute atomic E-state index is 0. The third-order valence-corrected chi connectivity index (χ3v) is 0. The summed E-state index contributed by atoms with van der Waals surface area (Å²) in [4.78, 5) is 51.3. The summed E-state index contributed by atoms with van der Waals surface area (Å²) >= 11 is 0. The van der Waals surface area contributed by atoms with Crippen molar-refractivity contribution in [3.05, 3.63) is 0 Å². The molecule has 0 spiro atoms. The van der Waals surface area contributed by atoms with E-state index in [4.69, 9.17) is 38.5 Å². The van der Waals surface area contributed by atoms with Crippen LogP contribution in [0, 0.1) is 0 Å². The second kappa shape index (κ2) is 15.7. The van der Waals surface area contributed by atoms with Crippen molar-refractivity contribution in [2.75, 3.05) is 0 Å². The Bertz CT molecular complexity index is 135. The van der Waals surface area contributed by atoms with Crippen LogP contribution in [0.3, 0.4) is 0 Å². The largest absolute Gasteiger partial charge is 2.00 e. The molecule has 0 unspecified atom stereocenters. The molecule has 2 N–H and O–H groups in total. The van der Waals surface area contributed by atoms with E-state index in [1.165, 1.54) is 0 Å². The molecule has 0 heterocycles. The molecule has 0 aliphatic rings. The summed E-state index contributed by atoms with van der Waals surface area (Å²) < 4.78 is 17.1. The van der Waals surface area contributed by atoms with Crippen LogP contribution in [0.2, 0.25) is 0 Å². The van der Waals surface area contributed by atoms with Crippen molar-refractivity contribution in [2.45, 2.75) is 0 Å². The van der Waals surface area contributed by atoms with E-state index in [1.54, 1.807) is 0 Å². The second-order valence-corrected chi connectivity index (χ2v) is 2.68. The average molecular weight is 331 g/mol. The maximum absolute atomic E-state index is 8.55. The molecule has 0 aliphatic carbocycles. The zero-order valence-electron chi connectivity index (χ0n) is 6.39. The summed E-state index contributed by atoms with van der Waals surface area (Å²) in [5, 5.41) is 0. The minimum Gasteiger partial charge on any atom is -0.822 e. The van der Waals surface area contributed by atoms with Gasteiger partial charge in [-0.1, -0.05) is 0 Å². The van der Waals surface area contributed by atoms with Crippen molar-refractivity contribution in [1.82, 2.24) is 0 Å². The molecule has 0 bridgehead atoms. The standard InChI is InChI=1S/Ca.Mg.Ni.2H3O4P.H2O/c;;;2*1-5(2,3)4;/h;;;2*(H3,1,2,3,4);1H2/q3*+2;;;/p-6. The van der Waals surface area contributed by atoms with Crippen molar-refractivity contribution in [3.8, 4) is 0 Å². The van der Waals surface area contributed by atoms with Gasteiger partial charge in [0.15, 0.2) is 0 Å². The van der Waals surface area contributed by atoms with Gasteiger partial charge in [0.25, 0.3) is 0 Å². The fourth-order valence-corrected chi connectivity index (χ4v) is 0. The number of hydrogen-bond acceptors (Lipinski definition) is 8. The number of hydrogen-bond donors (Lipinski definition) is 0. The molecule has 0 amide bonds. The molecule has 0 aliphatic heterocycles. The van der Waals surface area contributed by atoms with Gasteiger partial charge < -0.3 is 44.0 Å².